The Morgan fingerprint density at radius 1 is 1.43 bits per heavy atom. The molecule has 1 aliphatic heterocycles. The molecule has 0 aromatic heterocycles. The molecule has 118 valence electrons. The van der Waals surface area contributed by atoms with Gasteiger partial charge in [-0.15, -0.1) is 0 Å². The summed E-state index contributed by atoms with van der Waals surface area (Å²) in [6.07, 6.45) is 0.771. The van der Waals surface area contributed by atoms with Crippen LogP contribution in [0.2, 0.25) is 0 Å². The minimum absolute atomic E-state index is 0.0921. The second kappa shape index (κ2) is 8.35. The fourth-order valence-electron chi connectivity index (χ4n) is 1.68. The summed E-state index contributed by atoms with van der Waals surface area (Å²) in [7, 11) is 0. The van der Waals surface area contributed by atoms with Gasteiger partial charge in [0.25, 0.3) is 0 Å². The summed E-state index contributed by atoms with van der Waals surface area (Å²) in [6.45, 7) is 2.24. The maximum atomic E-state index is 11.0. The number of carboxylic acid groups (broad SMARTS) is 2. The highest BCUT2D eigenvalue weighted by Gasteiger charge is 2.21. The SMILES string of the molecule is CC(=O)N[C@H](CSNC1=NCCCN1CC(=O)O)C(=O)O. The number of hydrogen-bond acceptors (Lipinski definition) is 7. The van der Waals surface area contributed by atoms with Gasteiger partial charge in [0.15, 0.2) is 0 Å². The highest BCUT2D eigenvalue weighted by Crippen LogP contribution is 2.06. The number of guanidine groups is 1. The number of nitrogens with zero attached hydrogens (tertiary/aromatic N) is 2. The van der Waals surface area contributed by atoms with Gasteiger partial charge in [-0.2, -0.15) is 0 Å². The number of hydrogen-bond donors (Lipinski definition) is 4. The van der Waals surface area contributed by atoms with Gasteiger partial charge in [-0.3, -0.25) is 14.6 Å². The lowest BCUT2D eigenvalue weighted by molar-refractivity contribution is -0.140. The van der Waals surface area contributed by atoms with Crippen LogP contribution in [0.4, 0.5) is 0 Å². The van der Waals surface area contributed by atoms with Gasteiger partial charge in [0.1, 0.15) is 12.6 Å². The quantitative estimate of drug-likeness (QED) is 0.438. The highest BCUT2D eigenvalue weighted by atomic mass is 32.2. The Kier molecular flexibility index (Phi) is 6.79. The normalized spacial score (nSPS) is 15.9. The highest BCUT2D eigenvalue weighted by molar-refractivity contribution is 7.98. The molecule has 0 bridgehead atoms. The fraction of sp³-hybridized carbons (Fsp3) is 0.636. The second-order valence-corrected chi connectivity index (χ2v) is 5.20. The van der Waals surface area contributed by atoms with E-state index in [2.05, 4.69) is 15.0 Å². The molecule has 1 atom stereocenters. The Morgan fingerprint density at radius 3 is 2.71 bits per heavy atom. The van der Waals surface area contributed by atoms with Gasteiger partial charge >= 0.3 is 11.9 Å². The standard InChI is InChI=1S/C11H18N4O5S/c1-7(16)13-8(10(19)20)6-21-14-11-12-3-2-4-15(11)5-9(17)18/h8H,2-6H2,1H3,(H,12,14)(H,13,16)(H,17,18)(H,19,20)/t8-/m1/s1. The Balaban J connectivity index is 2.48. The van der Waals surface area contributed by atoms with Crippen LogP contribution < -0.4 is 10.0 Å². The first-order chi connectivity index (χ1) is 9.90. The minimum Gasteiger partial charge on any atom is -0.480 e. The van der Waals surface area contributed by atoms with Crippen molar-refractivity contribution in [2.75, 3.05) is 25.4 Å². The van der Waals surface area contributed by atoms with Crippen molar-refractivity contribution in [3.8, 4) is 0 Å². The molecule has 1 rings (SSSR count). The van der Waals surface area contributed by atoms with Gasteiger partial charge in [-0.25, -0.2) is 4.79 Å². The fourth-order valence-corrected chi connectivity index (χ4v) is 2.47. The molecule has 0 unspecified atom stereocenters. The molecular formula is C11H18N4O5S. The second-order valence-electron chi connectivity index (χ2n) is 4.38. The summed E-state index contributed by atoms with van der Waals surface area (Å²) in [4.78, 5) is 38.4. The summed E-state index contributed by atoms with van der Waals surface area (Å²) in [5.74, 6) is -2.01. The lowest BCUT2D eigenvalue weighted by Gasteiger charge is -2.28. The lowest BCUT2D eigenvalue weighted by atomic mass is 10.3. The first-order valence-corrected chi connectivity index (χ1v) is 7.27. The zero-order valence-electron chi connectivity index (χ0n) is 11.5. The molecule has 0 aliphatic carbocycles. The molecule has 1 aliphatic rings. The van der Waals surface area contributed by atoms with Crippen LogP contribution in [0.15, 0.2) is 4.99 Å². The van der Waals surface area contributed by atoms with E-state index in [1.807, 2.05) is 0 Å². The van der Waals surface area contributed by atoms with Gasteiger partial charge in [0.2, 0.25) is 11.9 Å². The van der Waals surface area contributed by atoms with Crippen molar-refractivity contribution in [2.45, 2.75) is 19.4 Å². The molecule has 0 saturated heterocycles. The van der Waals surface area contributed by atoms with Crippen LogP contribution in [0.5, 0.6) is 0 Å². The molecule has 0 spiro atoms. The van der Waals surface area contributed by atoms with Crippen molar-refractivity contribution < 1.29 is 24.6 Å². The third-order valence-electron chi connectivity index (χ3n) is 2.56. The zero-order valence-corrected chi connectivity index (χ0v) is 12.4. The van der Waals surface area contributed by atoms with Gasteiger partial charge in [0.05, 0.1) is 0 Å². The van der Waals surface area contributed by atoms with E-state index in [-0.39, 0.29) is 12.3 Å². The van der Waals surface area contributed by atoms with Crippen molar-refractivity contribution in [3.63, 3.8) is 0 Å². The summed E-state index contributed by atoms with van der Waals surface area (Å²) < 4.78 is 2.85. The maximum Gasteiger partial charge on any atom is 0.327 e. The monoisotopic (exact) mass is 318 g/mol. The molecule has 21 heavy (non-hydrogen) atoms. The van der Waals surface area contributed by atoms with Crippen LogP contribution in [-0.4, -0.2) is 70.3 Å². The molecule has 1 amide bonds. The number of carbonyl (C=O) groups is 3. The van der Waals surface area contributed by atoms with E-state index in [0.29, 0.717) is 19.0 Å². The summed E-state index contributed by atoms with van der Waals surface area (Å²) in [5, 5.41) is 20.1. The Bertz CT molecular complexity index is 442. The van der Waals surface area contributed by atoms with Crippen molar-refractivity contribution in [3.05, 3.63) is 0 Å². The first-order valence-electron chi connectivity index (χ1n) is 6.29. The van der Waals surface area contributed by atoms with Crippen molar-refractivity contribution in [1.29, 1.82) is 0 Å². The van der Waals surface area contributed by atoms with E-state index in [1.54, 1.807) is 4.90 Å². The van der Waals surface area contributed by atoms with Crippen LogP contribution in [-0.2, 0) is 14.4 Å². The molecule has 0 saturated carbocycles. The smallest absolute Gasteiger partial charge is 0.327 e. The minimum atomic E-state index is -1.13. The molecule has 0 fully saturated rings. The van der Waals surface area contributed by atoms with E-state index in [4.69, 9.17) is 10.2 Å². The first kappa shape index (κ1) is 17.1. The third kappa shape index (κ3) is 6.34. The van der Waals surface area contributed by atoms with Gasteiger partial charge < -0.3 is 25.2 Å². The number of aliphatic imine (C=N–C) groups is 1. The molecule has 4 N–H and O–H groups in total. The third-order valence-corrected chi connectivity index (χ3v) is 3.39. The van der Waals surface area contributed by atoms with E-state index >= 15 is 0 Å². The molecule has 9 nitrogen and oxygen atoms in total. The number of aliphatic carboxylic acids is 2. The summed E-state index contributed by atoms with van der Waals surface area (Å²) in [6, 6.07) is -1.02. The van der Waals surface area contributed by atoms with Crippen LogP contribution in [0.25, 0.3) is 0 Å². The Morgan fingerprint density at radius 2 is 2.14 bits per heavy atom. The van der Waals surface area contributed by atoms with Crippen LogP contribution in [0, 0.1) is 0 Å². The van der Waals surface area contributed by atoms with Crippen molar-refractivity contribution >= 4 is 35.8 Å². The predicted octanol–water partition coefficient (Wildman–Crippen LogP) is -1.04. The topological polar surface area (TPSA) is 131 Å². The Labute approximate surface area is 125 Å². The molecule has 0 radical (unpaired) electrons. The largest absolute Gasteiger partial charge is 0.480 e. The number of amides is 1. The van der Waals surface area contributed by atoms with E-state index in [0.717, 1.165) is 18.4 Å². The predicted molar refractivity (Wildman–Crippen MR) is 77.0 cm³/mol. The zero-order chi connectivity index (χ0) is 15.8. The maximum absolute atomic E-state index is 11.0. The van der Waals surface area contributed by atoms with Crippen LogP contribution in [0.3, 0.4) is 0 Å². The summed E-state index contributed by atoms with van der Waals surface area (Å²) in [5.41, 5.74) is 0. The van der Waals surface area contributed by atoms with Crippen molar-refractivity contribution in [1.82, 2.24) is 14.9 Å². The summed E-state index contributed by atoms with van der Waals surface area (Å²) >= 11 is 1.06. The van der Waals surface area contributed by atoms with E-state index in [1.165, 1.54) is 6.92 Å². The number of carbonyl (C=O) groups excluding carboxylic acids is 1. The molecule has 0 aromatic rings. The molecule has 10 heteroatoms. The molecule has 1 heterocycles. The van der Waals surface area contributed by atoms with Gasteiger partial charge in [-0.1, -0.05) is 0 Å². The van der Waals surface area contributed by atoms with Crippen LogP contribution in [0.1, 0.15) is 13.3 Å². The number of carboxylic acids is 2. The van der Waals surface area contributed by atoms with Gasteiger partial charge in [0, 0.05) is 25.8 Å². The van der Waals surface area contributed by atoms with Crippen molar-refractivity contribution in [2.24, 2.45) is 4.99 Å². The average molecular weight is 318 g/mol. The van der Waals surface area contributed by atoms with Gasteiger partial charge in [-0.05, 0) is 18.4 Å². The number of rotatable bonds is 7. The van der Waals surface area contributed by atoms with Crippen LogP contribution >= 0.6 is 11.9 Å². The van der Waals surface area contributed by atoms with E-state index in [9.17, 15) is 14.4 Å². The van der Waals surface area contributed by atoms with E-state index < -0.39 is 23.9 Å². The molecule has 0 aromatic carbocycles. The molecular weight excluding hydrogens is 300 g/mol. The Hall–Kier alpha value is -1.97. The number of nitrogens with one attached hydrogen (secondary N) is 2. The average Bonchev–Trinajstić information content (AvgIpc) is 2.38. The lowest BCUT2D eigenvalue weighted by Crippen LogP contribution is -2.46.